The second-order valence-electron chi connectivity index (χ2n) is 14.4. The standard InChI is InChI=1S/C37H45FN6O5/c1-6-29-30(38)9-8-26-14-28(48-23-46-5)15-27(31(26)29)18-44-22-39-32-33(44)40-35(43-13-7-10-36(4,45)19-43)41-34(32)47-21-37(11-12-37)20-42-16-24(2)49-25(3)17-42/h1,8-9,14-15,22,24-25,45H,7,10-13,16-21,23H2,2-5H3/t24-,25+,36-/m0/s1. The lowest BCUT2D eigenvalue weighted by Crippen LogP contribution is -2.48. The number of nitrogens with zero attached hydrogens (tertiary/aromatic N) is 6. The summed E-state index contributed by atoms with van der Waals surface area (Å²) in [5.74, 6) is 3.53. The van der Waals surface area contributed by atoms with Crippen molar-refractivity contribution in [3.63, 3.8) is 0 Å². The minimum absolute atomic E-state index is 0.0445. The zero-order chi connectivity index (χ0) is 34.3. The molecule has 1 N–H and O–H groups in total. The Hall–Kier alpha value is -4.02. The van der Waals surface area contributed by atoms with Crippen molar-refractivity contribution in [2.75, 3.05) is 58.1 Å². The molecule has 3 aliphatic rings. The first-order chi connectivity index (χ1) is 23.5. The van der Waals surface area contributed by atoms with Crippen molar-refractivity contribution in [1.29, 1.82) is 0 Å². The first kappa shape index (κ1) is 33.5. The van der Waals surface area contributed by atoms with Crippen molar-refractivity contribution in [1.82, 2.24) is 24.4 Å². The minimum atomic E-state index is -0.862. The van der Waals surface area contributed by atoms with E-state index in [1.807, 2.05) is 28.5 Å². The Balaban J connectivity index is 1.25. The summed E-state index contributed by atoms with van der Waals surface area (Å²) in [5.41, 5.74) is 1.22. The number of benzene rings is 2. The molecule has 1 aliphatic carbocycles. The number of β-amino-alcohol motifs (C(OH)–C–C–N with tert-alkyl or cyclic N) is 1. The van der Waals surface area contributed by atoms with Crippen LogP contribution in [0.25, 0.3) is 21.9 Å². The molecule has 0 bridgehead atoms. The summed E-state index contributed by atoms with van der Waals surface area (Å²) in [7, 11) is 1.55. The molecule has 11 nitrogen and oxygen atoms in total. The Bertz CT molecular complexity index is 1870. The molecule has 0 radical (unpaired) electrons. The van der Waals surface area contributed by atoms with E-state index in [-0.39, 0.29) is 36.5 Å². The Kier molecular flexibility index (Phi) is 9.13. The normalized spacial score (nSPS) is 23.9. The number of anilines is 1. The zero-order valence-electron chi connectivity index (χ0n) is 28.7. The monoisotopic (exact) mass is 672 g/mol. The molecule has 49 heavy (non-hydrogen) atoms. The fourth-order valence-corrected chi connectivity index (χ4v) is 7.45. The first-order valence-electron chi connectivity index (χ1n) is 17.1. The van der Waals surface area contributed by atoms with Crippen LogP contribution in [0.4, 0.5) is 10.3 Å². The van der Waals surface area contributed by atoms with Crippen molar-refractivity contribution < 1.29 is 28.4 Å². The van der Waals surface area contributed by atoms with Crippen LogP contribution in [0, 0.1) is 23.6 Å². The van der Waals surface area contributed by atoms with Gasteiger partial charge in [0.2, 0.25) is 11.8 Å². The lowest BCUT2D eigenvalue weighted by molar-refractivity contribution is -0.0740. The highest BCUT2D eigenvalue weighted by molar-refractivity contribution is 5.92. The number of fused-ring (bicyclic) bond motifs is 2. The molecule has 2 aromatic heterocycles. The molecule has 0 spiro atoms. The summed E-state index contributed by atoms with van der Waals surface area (Å²) in [4.78, 5) is 19.2. The maximum absolute atomic E-state index is 15.0. The highest BCUT2D eigenvalue weighted by Gasteiger charge is 2.46. The third-order valence-corrected chi connectivity index (χ3v) is 9.85. The molecule has 1 saturated carbocycles. The summed E-state index contributed by atoms with van der Waals surface area (Å²) < 4.78 is 40.4. The lowest BCUT2D eigenvalue weighted by atomic mass is 9.95. The maximum Gasteiger partial charge on any atom is 0.247 e. The van der Waals surface area contributed by atoms with Crippen LogP contribution in [-0.4, -0.2) is 101 Å². The lowest BCUT2D eigenvalue weighted by Gasteiger charge is -2.37. The molecule has 4 heterocycles. The van der Waals surface area contributed by atoms with Gasteiger partial charge in [-0.25, -0.2) is 9.37 Å². The number of terminal acetylenes is 1. The van der Waals surface area contributed by atoms with Gasteiger partial charge in [-0.3, -0.25) is 4.90 Å². The number of hydrogen-bond acceptors (Lipinski definition) is 10. The van der Waals surface area contributed by atoms with Gasteiger partial charge in [-0.2, -0.15) is 9.97 Å². The fraction of sp³-hybridized carbons (Fsp3) is 0.541. The molecule has 2 aromatic carbocycles. The van der Waals surface area contributed by atoms with Crippen LogP contribution < -0.4 is 14.4 Å². The van der Waals surface area contributed by atoms with Crippen molar-refractivity contribution >= 4 is 27.9 Å². The molecule has 12 heteroatoms. The van der Waals surface area contributed by atoms with E-state index in [9.17, 15) is 9.50 Å². The summed E-state index contributed by atoms with van der Waals surface area (Å²) in [6.07, 6.45) is 11.6. The predicted octanol–water partition coefficient (Wildman–Crippen LogP) is 4.75. The number of hydrogen-bond donors (Lipinski definition) is 1. The Morgan fingerprint density at radius 2 is 1.92 bits per heavy atom. The topological polar surface area (TPSA) is 107 Å². The average Bonchev–Trinajstić information content (AvgIpc) is 3.70. The van der Waals surface area contributed by atoms with Crippen LogP contribution in [-0.2, 0) is 16.0 Å². The zero-order valence-corrected chi connectivity index (χ0v) is 28.7. The molecular formula is C37H45FN6O5. The van der Waals surface area contributed by atoms with Gasteiger partial charge in [0.15, 0.2) is 18.0 Å². The van der Waals surface area contributed by atoms with E-state index in [2.05, 4.69) is 24.7 Å². The van der Waals surface area contributed by atoms with Crippen LogP contribution in [0.15, 0.2) is 30.6 Å². The first-order valence-corrected chi connectivity index (χ1v) is 17.1. The molecule has 2 saturated heterocycles. The van der Waals surface area contributed by atoms with E-state index in [0.717, 1.165) is 49.8 Å². The summed E-state index contributed by atoms with van der Waals surface area (Å²) in [5, 5.41) is 12.3. The molecule has 0 amide bonds. The van der Waals surface area contributed by atoms with Gasteiger partial charge in [-0.05, 0) is 75.6 Å². The van der Waals surface area contributed by atoms with Crippen molar-refractivity contribution in [3.05, 3.63) is 47.5 Å². The van der Waals surface area contributed by atoms with Crippen LogP contribution >= 0.6 is 0 Å². The van der Waals surface area contributed by atoms with Crippen molar-refractivity contribution in [2.45, 2.75) is 70.8 Å². The highest BCUT2D eigenvalue weighted by atomic mass is 19.1. The number of halogens is 1. The van der Waals surface area contributed by atoms with E-state index in [1.54, 1.807) is 19.5 Å². The second-order valence-corrected chi connectivity index (χ2v) is 14.4. The van der Waals surface area contributed by atoms with Gasteiger partial charge in [0.25, 0.3) is 0 Å². The van der Waals surface area contributed by atoms with Crippen molar-refractivity contribution in [3.8, 4) is 24.0 Å². The van der Waals surface area contributed by atoms with E-state index >= 15 is 0 Å². The minimum Gasteiger partial charge on any atom is -0.475 e. The van der Waals surface area contributed by atoms with Gasteiger partial charge in [0, 0.05) is 50.6 Å². The molecule has 4 aromatic rings. The van der Waals surface area contributed by atoms with Gasteiger partial charge in [0.1, 0.15) is 11.6 Å². The van der Waals surface area contributed by atoms with E-state index in [1.165, 1.54) is 6.07 Å². The number of piperidine rings is 1. The van der Waals surface area contributed by atoms with Gasteiger partial charge in [0.05, 0.1) is 42.9 Å². The van der Waals surface area contributed by atoms with Gasteiger partial charge in [-0.15, -0.1) is 6.42 Å². The number of aliphatic hydroxyl groups is 1. The van der Waals surface area contributed by atoms with Gasteiger partial charge in [-0.1, -0.05) is 12.0 Å². The Morgan fingerprint density at radius 3 is 2.63 bits per heavy atom. The fourth-order valence-electron chi connectivity index (χ4n) is 7.45. The number of imidazole rings is 1. The SMILES string of the molecule is C#Cc1c(F)ccc2cc(OCOC)cc(Cn3cnc4c(OCC5(CN6C[C@@H](C)O[C@@H](C)C6)CC5)nc(N5CCC[C@](C)(O)C5)nc43)c12. The number of ether oxygens (including phenoxy) is 4. The third-order valence-electron chi connectivity index (χ3n) is 9.85. The van der Waals surface area contributed by atoms with Crippen LogP contribution in [0.2, 0.25) is 0 Å². The predicted molar refractivity (Wildman–Crippen MR) is 184 cm³/mol. The van der Waals surface area contributed by atoms with Crippen molar-refractivity contribution in [2.24, 2.45) is 5.41 Å². The molecule has 2 aliphatic heterocycles. The van der Waals surface area contributed by atoms with E-state index in [4.69, 9.17) is 40.3 Å². The molecule has 0 unspecified atom stereocenters. The Morgan fingerprint density at radius 1 is 1.12 bits per heavy atom. The molecular weight excluding hydrogens is 627 g/mol. The largest absolute Gasteiger partial charge is 0.475 e. The molecule has 260 valence electrons. The third kappa shape index (κ3) is 7.17. The summed E-state index contributed by atoms with van der Waals surface area (Å²) in [6, 6.07) is 6.74. The van der Waals surface area contributed by atoms with Crippen LogP contribution in [0.1, 0.15) is 57.6 Å². The molecule has 7 rings (SSSR count). The number of methoxy groups -OCH3 is 1. The highest BCUT2D eigenvalue weighted by Crippen LogP contribution is 2.47. The number of rotatable bonds is 11. The van der Waals surface area contributed by atoms with Crippen LogP contribution in [0.3, 0.4) is 0 Å². The quantitative estimate of drug-likeness (QED) is 0.177. The van der Waals surface area contributed by atoms with Gasteiger partial charge < -0.3 is 33.5 Å². The number of aromatic nitrogens is 4. The van der Waals surface area contributed by atoms with E-state index < -0.39 is 11.4 Å². The van der Waals surface area contributed by atoms with E-state index in [0.29, 0.717) is 60.2 Å². The summed E-state index contributed by atoms with van der Waals surface area (Å²) >= 11 is 0. The molecule has 3 atom stereocenters. The van der Waals surface area contributed by atoms with Crippen LogP contribution in [0.5, 0.6) is 11.6 Å². The second kappa shape index (κ2) is 13.4. The maximum atomic E-state index is 15.0. The Labute approximate surface area is 286 Å². The smallest absolute Gasteiger partial charge is 0.247 e. The molecule has 3 fully saturated rings. The summed E-state index contributed by atoms with van der Waals surface area (Å²) in [6.45, 7) is 10.8. The average molecular weight is 673 g/mol. The number of morpholine rings is 1. The van der Waals surface area contributed by atoms with Gasteiger partial charge >= 0.3 is 0 Å².